The van der Waals surface area contributed by atoms with Crippen molar-refractivity contribution < 1.29 is 9.53 Å². The Morgan fingerprint density at radius 3 is 3.18 bits per heavy atom. The number of nitrogens with zero attached hydrogens (tertiary/aromatic N) is 1. The normalized spacial score (nSPS) is 16.8. The Morgan fingerprint density at radius 2 is 2.35 bits per heavy atom. The molecule has 0 fully saturated rings. The fraction of sp³-hybridized carbons (Fsp3) is 0.385. The average Bonchev–Trinajstić information content (AvgIpc) is 2.78. The minimum absolute atomic E-state index is 0.0205. The molecule has 1 amide bonds. The molecule has 1 aromatic carbocycles. The van der Waals surface area contributed by atoms with Gasteiger partial charge in [-0.3, -0.25) is 4.79 Å². The van der Waals surface area contributed by atoms with E-state index >= 15 is 0 Å². The van der Waals surface area contributed by atoms with Crippen LogP contribution in [0.1, 0.15) is 24.3 Å². The first-order valence-electron chi connectivity index (χ1n) is 5.69. The number of para-hydroxylation sites is 1. The number of unbranched alkanes of at least 4 members (excludes halogenated alkanes) is 1. The van der Waals surface area contributed by atoms with Gasteiger partial charge < -0.3 is 10.1 Å². The van der Waals surface area contributed by atoms with Gasteiger partial charge in [-0.2, -0.15) is 5.26 Å². The highest BCUT2D eigenvalue weighted by atomic mass is 16.5. The van der Waals surface area contributed by atoms with Crippen molar-refractivity contribution in [1.29, 1.82) is 5.26 Å². The Bertz CT molecular complexity index is 451. The van der Waals surface area contributed by atoms with Crippen molar-refractivity contribution in [3.63, 3.8) is 0 Å². The first-order chi connectivity index (χ1) is 8.33. The smallest absolute Gasteiger partial charge is 0.231 e. The molecular weight excluding hydrogens is 216 g/mol. The van der Waals surface area contributed by atoms with E-state index in [1.807, 2.05) is 24.3 Å². The van der Waals surface area contributed by atoms with Gasteiger partial charge in [-0.25, -0.2) is 0 Å². The predicted octanol–water partition coefficient (Wildman–Crippen LogP) is 1.58. The van der Waals surface area contributed by atoms with Gasteiger partial charge in [0, 0.05) is 18.5 Å². The number of ether oxygens (including phenoxy) is 1. The molecule has 0 saturated heterocycles. The number of carbonyl (C=O) groups excluding carboxylic acids is 1. The second kappa shape index (κ2) is 5.35. The number of benzene rings is 1. The zero-order chi connectivity index (χ0) is 12.1. The maximum atomic E-state index is 11.9. The minimum Gasteiger partial charge on any atom is -0.492 e. The number of carbonyl (C=O) groups is 1. The number of fused-ring (bicyclic) bond motifs is 1. The molecule has 1 atom stereocenters. The maximum absolute atomic E-state index is 11.9. The molecule has 0 aliphatic carbocycles. The van der Waals surface area contributed by atoms with E-state index in [2.05, 4.69) is 11.4 Å². The van der Waals surface area contributed by atoms with Gasteiger partial charge in [-0.15, -0.1) is 0 Å². The van der Waals surface area contributed by atoms with Crippen LogP contribution in [-0.2, 0) is 4.79 Å². The molecule has 0 saturated carbocycles. The molecule has 1 aliphatic heterocycles. The number of nitriles is 1. The van der Waals surface area contributed by atoms with Crippen molar-refractivity contribution in [1.82, 2.24) is 5.32 Å². The Kier molecular flexibility index (Phi) is 3.61. The second-order valence-corrected chi connectivity index (χ2v) is 3.95. The summed E-state index contributed by atoms with van der Waals surface area (Å²) >= 11 is 0. The van der Waals surface area contributed by atoms with Gasteiger partial charge in [0.2, 0.25) is 5.91 Å². The lowest BCUT2D eigenvalue weighted by molar-refractivity contribution is -0.122. The van der Waals surface area contributed by atoms with Crippen LogP contribution in [0, 0.1) is 11.3 Å². The molecule has 0 aromatic heterocycles. The van der Waals surface area contributed by atoms with Crippen LogP contribution in [0.3, 0.4) is 0 Å². The number of amides is 1. The van der Waals surface area contributed by atoms with Crippen LogP contribution in [0.2, 0.25) is 0 Å². The maximum Gasteiger partial charge on any atom is 0.231 e. The van der Waals surface area contributed by atoms with Gasteiger partial charge in [0.15, 0.2) is 0 Å². The van der Waals surface area contributed by atoms with Gasteiger partial charge >= 0.3 is 0 Å². The zero-order valence-corrected chi connectivity index (χ0v) is 9.48. The minimum atomic E-state index is -0.215. The largest absolute Gasteiger partial charge is 0.492 e. The predicted molar refractivity (Wildman–Crippen MR) is 62.5 cm³/mol. The first-order valence-corrected chi connectivity index (χ1v) is 5.69. The lowest BCUT2D eigenvalue weighted by Crippen LogP contribution is -2.30. The van der Waals surface area contributed by atoms with E-state index in [1.165, 1.54) is 0 Å². The molecule has 1 heterocycles. The quantitative estimate of drug-likeness (QED) is 0.799. The van der Waals surface area contributed by atoms with Crippen LogP contribution in [0.25, 0.3) is 0 Å². The van der Waals surface area contributed by atoms with Gasteiger partial charge in [-0.1, -0.05) is 18.2 Å². The number of hydrogen-bond acceptors (Lipinski definition) is 3. The average molecular weight is 230 g/mol. The molecule has 4 nitrogen and oxygen atoms in total. The molecular formula is C13H14N2O2. The lowest BCUT2D eigenvalue weighted by atomic mass is 10.0. The summed E-state index contributed by atoms with van der Waals surface area (Å²) in [5.74, 6) is 0.561. The molecule has 0 bridgehead atoms. The molecule has 88 valence electrons. The Balaban J connectivity index is 1.92. The molecule has 2 rings (SSSR count). The highest BCUT2D eigenvalue weighted by Gasteiger charge is 2.29. The zero-order valence-electron chi connectivity index (χ0n) is 9.48. The van der Waals surface area contributed by atoms with E-state index in [1.54, 1.807) is 0 Å². The highest BCUT2D eigenvalue weighted by molar-refractivity contribution is 5.85. The van der Waals surface area contributed by atoms with Crippen LogP contribution in [0.4, 0.5) is 0 Å². The Hall–Kier alpha value is -2.02. The highest BCUT2D eigenvalue weighted by Crippen LogP contribution is 2.33. The van der Waals surface area contributed by atoms with Crippen LogP contribution in [0.15, 0.2) is 24.3 Å². The Labute approximate surface area is 100 Å². The molecule has 1 aromatic rings. The monoisotopic (exact) mass is 230 g/mol. The third-order valence-corrected chi connectivity index (χ3v) is 2.78. The van der Waals surface area contributed by atoms with E-state index < -0.39 is 0 Å². The fourth-order valence-electron chi connectivity index (χ4n) is 1.88. The number of rotatable bonds is 4. The van der Waals surface area contributed by atoms with Crippen molar-refractivity contribution in [3.8, 4) is 11.8 Å². The molecule has 4 heteroatoms. The summed E-state index contributed by atoms with van der Waals surface area (Å²) in [4.78, 5) is 11.9. The van der Waals surface area contributed by atoms with Crippen LogP contribution >= 0.6 is 0 Å². The van der Waals surface area contributed by atoms with Gasteiger partial charge in [0.1, 0.15) is 18.3 Å². The van der Waals surface area contributed by atoms with Crippen LogP contribution < -0.4 is 10.1 Å². The van der Waals surface area contributed by atoms with E-state index in [4.69, 9.17) is 10.00 Å². The van der Waals surface area contributed by atoms with Crippen molar-refractivity contribution in [2.45, 2.75) is 18.8 Å². The molecule has 17 heavy (non-hydrogen) atoms. The Morgan fingerprint density at radius 1 is 1.53 bits per heavy atom. The summed E-state index contributed by atoms with van der Waals surface area (Å²) in [6, 6.07) is 9.64. The SMILES string of the molecule is N#CCCCNC(=O)C1COc2ccccc21. The van der Waals surface area contributed by atoms with Crippen LogP contribution in [-0.4, -0.2) is 19.1 Å². The molecule has 1 unspecified atom stereocenters. The molecule has 0 spiro atoms. The number of hydrogen-bond donors (Lipinski definition) is 1. The number of nitrogens with one attached hydrogen (secondary N) is 1. The van der Waals surface area contributed by atoms with Gasteiger partial charge in [0.05, 0.1) is 6.07 Å². The third kappa shape index (κ3) is 2.56. The van der Waals surface area contributed by atoms with Gasteiger partial charge in [-0.05, 0) is 12.5 Å². The second-order valence-electron chi connectivity index (χ2n) is 3.95. The fourth-order valence-corrected chi connectivity index (χ4v) is 1.88. The van der Waals surface area contributed by atoms with E-state index in [0.717, 1.165) is 11.3 Å². The third-order valence-electron chi connectivity index (χ3n) is 2.78. The summed E-state index contributed by atoms with van der Waals surface area (Å²) in [7, 11) is 0. The van der Waals surface area contributed by atoms with Crippen molar-refractivity contribution >= 4 is 5.91 Å². The summed E-state index contributed by atoms with van der Waals surface area (Å²) in [6.07, 6.45) is 1.16. The molecule has 1 N–H and O–H groups in total. The van der Waals surface area contributed by atoms with Crippen LogP contribution in [0.5, 0.6) is 5.75 Å². The molecule has 0 radical (unpaired) electrons. The summed E-state index contributed by atoms with van der Waals surface area (Å²) < 4.78 is 5.45. The van der Waals surface area contributed by atoms with E-state index in [9.17, 15) is 4.79 Å². The summed E-state index contributed by atoms with van der Waals surface area (Å²) in [6.45, 7) is 0.953. The van der Waals surface area contributed by atoms with E-state index in [-0.39, 0.29) is 11.8 Å². The lowest BCUT2D eigenvalue weighted by Gasteiger charge is -2.09. The molecule has 1 aliphatic rings. The first kappa shape index (κ1) is 11.5. The van der Waals surface area contributed by atoms with Gasteiger partial charge in [0.25, 0.3) is 0 Å². The van der Waals surface area contributed by atoms with Crippen molar-refractivity contribution in [2.24, 2.45) is 0 Å². The van der Waals surface area contributed by atoms with Crippen molar-refractivity contribution in [2.75, 3.05) is 13.2 Å². The van der Waals surface area contributed by atoms with E-state index in [0.29, 0.717) is 26.0 Å². The van der Waals surface area contributed by atoms with Crippen molar-refractivity contribution in [3.05, 3.63) is 29.8 Å². The summed E-state index contributed by atoms with van der Waals surface area (Å²) in [5, 5.41) is 11.2. The topological polar surface area (TPSA) is 62.1 Å². The summed E-state index contributed by atoms with van der Waals surface area (Å²) in [5.41, 5.74) is 0.949. The standard InChI is InChI=1S/C13H14N2O2/c14-7-3-4-8-15-13(16)11-9-17-12-6-2-1-5-10(11)12/h1-2,5-6,11H,3-4,8-9H2,(H,15,16).